The van der Waals surface area contributed by atoms with E-state index in [9.17, 15) is 13.0 Å². The van der Waals surface area contributed by atoms with Gasteiger partial charge >= 0.3 is 5.97 Å². The van der Waals surface area contributed by atoms with E-state index in [1.807, 2.05) is 18.2 Å². The van der Waals surface area contributed by atoms with Gasteiger partial charge in [-0.25, -0.2) is 4.79 Å². The summed E-state index contributed by atoms with van der Waals surface area (Å²) in [5, 5.41) is 10.7. The van der Waals surface area contributed by atoms with Crippen molar-refractivity contribution in [1.82, 2.24) is 0 Å². The maximum absolute atomic E-state index is 11.4. The highest BCUT2D eigenvalue weighted by Crippen LogP contribution is 2.29. The lowest BCUT2D eigenvalue weighted by Gasteiger charge is -2.09. The van der Waals surface area contributed by atoms with Gasteiger partial charge in [-0.2, -0.15) is 0 Å². The molecule has 0 atom stereocenters. The van der Waals surface area contributed by atoms with E-state index in [4.69, 9.17) is 6.42 Å². The summed E-state index contributed by atoms with van der Waals surface area (Å²) in [4.78, 5) is 11.4. The predicted molar refractivity (Wildman–Crippen MR) is 76.8 cm³/mol. The lowest BCUT2D eigenvalue weighted by Crippen LogP contribution is -2.04. The van der Waals surface area contributed by atoms with Crippen molar-refractivity contribution in [2.75, 3.05) is 0 Å². The van der Waals surface area contributed by atoms with Crippen LogP contribution in [0.5, 0.6) is 0 Å². The monoisotopic (exact) mass is 352 g/mol. The summed E-state index contributed by atoms with van der Waals surface area (Å²) in [5.74, 6) is 1.42. The van der Waals surface area contributed by atoms with Crippen LogP contribution in [-0.4, -0.2) is 11.1 Å². The first-order valence-corrected chi connectivity index (χ1v) is 7.13. The molecule has 0 aliphatic heterocycles. The van der Waals surface area contributed by atoms with Crippen molar-refractivity contribution >= 4 is 37.9 Å². The minimum Gasteiger partial charge on any atom is -0.478 e. The van der Waals surface area contributed by atoms with Crippen molar-refractivity contribution in [3.05, 3.63) is 45.0 Å². The first-order chi connectivity index (χ1) is 8.69. The summed E-state index contributed by atoms with van der Waals surface area (Å²) in [6, 6.07) is 8.98. The van der Waals surface area contributed by atoms with Gasteiger partial charge in [0.05, 0.1) is 9.13 Å². The molecule has 0 radical (unpaired) electrons. The molecule has 4 heteroatoms. The van der Waals surface area contributed by atoms with Crippen LogP contribution in [0.3, 0.4) is 0 Å². The van der Waals surface area contributed by atoms with E-state index in [0.717, 1.165) is 5.39 Å². The molecule has 0 amide bonds. The molecular weight excluding hydrogens is 343 g/mol. The number of halogens is 1. The molecule has 2 aromatic carbocycles. The first-order valence-electron chi connectivity index (χ1n) is 5.17. The number of carboxylic acids is 1. The molecule has 0 saturated heterocycles. The lowest BCUT2D eigenvalue weighted by atomic mass is 9.99. The second-order valence-corrected chi connectivity index (χ2v) is 5.23. The average Bonchev–Trinajstić information content (AvgIpc) is 2.37. The molecule has 0 fully saturated rings. The van der Waals surface area contributed by atoms with Gasteiger partial charge in [-0.05, 0) is 22.4 Å². The third-order valence-electron chi connectivity index (χ3n) is 2.64. The fourth-order valence-corrected chi connectivity index (χ4v) is 3.29. The van der Waals surface area contributed by atoms with Gasteiger partial charge in [-0.1, -0.05) is 24.3 Å². The Morgan fingerprint density at radius 2 is 2.11 bits per heavy atom. The SMILES string of the molecule is C#CCc1cc2ccccc2c(C(=O)O)c1I=O. The molecule has 1 N–H and O–H groups in total. The number of fused-ring (bicyclic) bond motifs is 1. The van der Waals surface area contributed by atoms with Gasteiger partial charge in [0.2, 0.25) is 0 Å². The van der Waals surface area contributed by atoms with Crippen LogP contribution in [0.15, 0.2) is 30.3 Å². The Balaban J connectivity index is 2.92. The molecule has 3 nitrogen and oxygen atoms in total. The molecule has 0 saturated carbocycles. The largest absolute Gasteiger partial charge is 0.478 e. The van der Waals surface area contributed by atoms with Gasteiger partial charge in [0.1, 0.15) is 0 Å². The summed E-state index contributed by atoms with van der Waals surface area (Å²) in [6.07, 6.45) is 5.56. The number of aromatic carboxylic acids is 1. The molecule has 0 unspecified atom stereocenters. The molecule has 90 valence electrons. The Morgan fingerprint density at radius 3 is 2.72 bits per heavy atom. The van der Waals surface area contributed by atoms with Crippen molar-refractivity contribution in [1.29, 1.82) is 0 Å². The normalized spacial score (nSPS) is 10.2. The van der Waals surface area contributed by atoms with E-state index in [2.05, 4.69) is 5.92 Å². The standard InChI is InChI=1S/C14H9IO3/c1-2-5-10-8-9-6-3-4-7-11(9)12(14(16)17)13(10)15-18/h1,3-4,6-8H,5H2,(H,16,17). The molecule has 0 spiro atoms. The molecule has 0 aliphatic rings. The van der Waals surface area contributed by atoms with Gasteiger partial charge in [0.15, 0.2) is 21.2 Å². The molecule has 2 rings (SSSR count). The van der Waals surface area contributed by atoms with Crippen LogP contribution < -0.4 is 0 Å². The van der Waals surface area contributed by atoms with E-state index in [1.165, 1.54) is 0 Å². The van der Waals surface area contributed by atoms with E-state index >= 15 is 0 Å². The van der Waals surface area contributed by atoms with Crippen LogP contribution in [0.1, 0.15) is 15.9 Å². The molecule has 0 aromatic heterocycles. The van der Waals surface area contributed by atoms with Crippen molar-refractivity contribution in [2.45, 2.75) is 6.42 Å². The second kappa shape index (κ2) is 5.27. The minimum absolute atomic E-state index is 0.126. The van der Waals surface area contributed by atoms with Crippen LogP contribution in [0, 0.1) is 15.9 Å². The topological polar surface area (TPSA) is 54.4 Å². The lowest BCUT2D eigenvalue weighted by molar-refractivity contribution is 0.0697. The number of hydrogen-bond donors (Lipinski definition) is 1. The molecular formula is C14H9IO3. The second-order valence-electron chi connectivity index (χ2n) is 3.71. The van der Waals surface area contributed by atoms with Gasteiger partial charge in [0.25, 0.3) is 0 Å². The zero-order valence-electron chi connectivity index (χ0n) is 9.31. The molecule has 2 aromatic rings. The Bertz CT molecular complexity index is 683. The maximum Gasteiger partial charge on any atom is 0.337 e. The van der Waals surface area contributed by atoms with Crippen LogP contribution in [0.25, 0.3) is 10.8 Å². The van der Waals surface area contributed by atoms with Gasteiger partial charge < -0.3 is 5.11 Å². The van der Waals surface area contributed by atoms with Gasteiger partial charge in [-0.15, -0.1) is 12.3 Å². The fraction of sp³-hybridized carbons (Fsp3) is 0.0714. The van der Waals surface area contributed by atoms with Crippen LogP contribution in [-0.2, 0) is 9.49 Å². The summed E-state index contributed by atoms with van der Waals surface area (Å²) in [5.41, 5.74) is 0.803. The third kappa shape index (κ3) is 2.14. The van der Waals surface area contributed by atoms with E-state index in [-0.39, 0.29) is 5.56 Å². The highest BCUT2D eigenvalue weighted by atomic mass is 127. The number of carboxylic acid groups (broad SMARTS) is 1. The highest BCUT2D eigenvalue weighted by Gasteiger charge is 2.18. The Labute approximate surface area is 114 Å². The smallest absolute Gasteiger partial charge is 0.337 e. The Hall–Kier alpha value is -1.74. The molecule has 18 heavy (non-hydrogen) atoms. The summed E-state index contributed by atoms with van der Waals surface area (Å²) >= 11 is -1.58. The Morgan fingerprint density at radius 1 is 1.39 bits per heavy atom. The van der Waals surface area contributed by atoms with Crippen molar-refractivity contribution in [3.8, 4) is 12.3 Å². The van der Waals surface area contributed by atoms with Crippen molar-refractivity contribution < 1.29 is 13.0 Å². The fourth-order valence-electron chi connectivity index (χ4n) is 1.92. The van der Waals surface area contributed by atoms with Gasteiger partial charge in [0, 0.05) is 6.42 Å². The highest BCUT2D eigenvalue weighted by molar-refractivity contribution is 14.1. The first kappa shape index (κ1) is 12.7. The van der Waals surface area contributed by atoms with E-state index in [1.54, 1.807) is 12.1 Å². The number of benzene rings is 2. The van der Waals surface area contributed by atoms with E-state index < -0.39 is 27.2 Å². The third-order valence-corrected chi connectivity index (χ3v) is 4.32. The summed E-state index contributed by atoms with van der Waals surface area (Å²) in [7, 11) is 0. The predicted octanol–water partition coefficient (Wildman–Crippen LogP) is 3.20. The molecule has 0 heterocycles. The quantitative estimate of drug-likeness (QED) is 0.682. The van der Waals surface area contributed by atoms with Crippen LogP contribution in [0.4, 0.5) is 0 Å². The number of carbonyl (C=O) groups is 1. The maximum atomic E-state index is 11.4. The molecule has 0 bridgehead atoms. The molecule has 0 aliphatic carbocycles. The number of rotatable bonds is 3. The van der Waals surface area contributed by atoms with E-state index in [0.29, 0.717) is 20.9 Å². The average molecular weight is 352 g/mol. The zero-order valence-corrected chi connectivity index (χ0v) is 11.5. The van der Waals surface area contributed by atoms with Crippen LogP contribution >= 0.6 is 21.2 Å². The summed E-state index contributed by atoms with van der Waals surface area (Å²) < 4.78 is 11.8. The number of terminal acetylenes is 1. The summed E-state index contributed by atoms with van der Waals surface area (Å²) in [6.45, 7) is 0. The Kier molecular flexibility index (Phi) is 3.72. The van der Waals surface area contributed by atoms with Crippen LogP contribution in [0.2, 0.25) is 0 Å². The van der Waals surface area contributed by atoms with Crippen molar-refractivity contribution in [3.63, 3.8) is 0 Å². The van der Waals surface area contributed by atoms with Crippen molar-refractivity contribution in [2.24, 2.45) is 0 Å². The number of hydrogen-bond acceptors (Lipinski definition) is 2. The van der Waals surface area contributed by atoms with Gasteiger partial charge in [-0.3, -0.25) is 3.07 Å². The zero-order chi connectivity index (χ0) is 13.1. The minimum atomic E-state index is -1.58.